The maximum absolute atomic E-state index is 10.1. The summed E-state index contributed by atoms with van der Waals surface area (Å²) in [4.78, 5) is 10.1. The Bertz CT molecular complexity index is 266. The Balaban J connectivity index is 0. The van der Waals surface area contributed by atoms with Gasteiger partial charge in [0.2, 0.25) is 0 Å². The van der Waals surface area contributed by atoms with Crippen LogP contribution in [0.5, 0.6) is 0 Å². The van der Waals surface area contributed by atoms with E-state index in [4.69, 9.17) is 0 Å². The molecular formula is C20H40O2Sn. The number of rotatable bonds is 12. The van der Waals surface area contributed by atoms with E-state index in [-0.39, 0.29) is 6.42 Å². The van der Waals surface area contributed by atoms with E-state index < -0.39 is 25.7 Å². The third-order valence-corrected chi connectivity index (χ3v) is 15.5. The van der Waals surface area contributed by atoms with Crippen LogP contribution < -0.4 is 5.11 Å². The fraction of sp³-hybridized carbons (Fsp3) is 0.850. The predicted molar refractivity (Wildman–Crippen MR) is 103 cm³/mol. The van der Waals surface area contributed by atoms with Crippen LogP contribution in [-0.2, 0) is 4.79 Å². The molecule has 2 nitrogen and oxygen atoms in total. The van der Waals surface area contributed by atoms with Crippen molar-refractivity contribution in [2.24, 2.45) is 0 Å². The third kappa shape index (κ3) is 18.2. The molecule has 0 heterocycles. The molecule has 0 aliphatic heterocycles. The van der Waals surface area contributed by atoms with Crippen LogP contribution in [0.2, 0.25) is 11.8 Å². The van der Waals surface area contributed by atoms with Gasteiger partial charge in [-0.15, -0.1) is 6.58 Å². The summed E-state index contributed by atoms with van der Waals surface area (Å²) in [6, 6.07) is 0. The zero-order valence-electron chi connectivity index (χ0n) is 16.5. The maximum atomic E-state index is 10.1. The van der Waals surface area contributed by atoms with Crippen molar-refractivity contribution in [3.63, 3.8) is 0 Å². The number of aliphatic carboxylic acids is 1. The zero-order valence-corrected chi connectivity index (χ0v) is 19.3. The Labute approximate surface area is 152 Å². The Morgan fingerprint density at radius 2 is 1.26 bits per heavy atom. The van der Waals surface area contributed by atoms with Gasteiger partial charge in [0.15, 0.2) is 0 Å². The number of carbonyl (C=O) groups excluding carboxylic acids is 1. The standard InChI is InChI=1S/C11H20O2.3C3H7.Sn/c1-2-3-4-5-6-7-8-9-10-11(12)13;3*1-3-2;/h2H,1,3-10H2,(H,12,13);3*3H,1-2H3;/q;;;;+1/p-1. The van der Waals surface area contributed by atoms with E-state index >= 15 is 0 Å². The second-order valence-electron chi connectivity index (χ2n) is 7.28. The Morgan fingerprint density at radius 3 is 1.57 bits per heavy atom. The van der Waals surface area contributed by atoms with E-state index in [1.54, 1.807) is 0 Å². The minimum atomic E-state index is -1.01. The first-order valence-corrected chi connectivity index (χ1v) is 14.4. The van der Waals surface area contributed by atoms with Crippen molar-refractivity contribution in [2.45, 2.75) is 105 Å². The number of allylic oxidation sites excluding steroid dienone is 1. The molecular weight excluding hydrogens is 391 g/mol. The van der Waals surface area contributed by atoms with E-state index in [0.717, 1.165) is 37.5 Å². The van der Waals surface area contributed by atoms with Gasteiger partial charge in [-0.05, 0) is 25.7 Å². The number of carbonyl (C=O) groups is 1. The normalized spacial score (nSPS) is 10.7. The summed E-state index contributed by atoms with van der Waals surface area (Å²) >= 11 is -1.01. The summed E-state index contributed by atoms with van der Waals surface area (Å²) in [5.74, 6) is -0.924. The quantitative estimate of drug-likeness (QED) is 0.224. The van der Waals surface area contributed by atoms with Gasteiger partial charge in [0.1, 0.15) is 0 Å². The van der Waals surface area contributed by atoms with Gasteiger partial charge in [-0.1, -0.05) is 31.8 Å². The Hall–Kier alpha value is 0.00870. The summed E-state index contributed by atoms with van der Waals surface area (Å²) in [5, 5.41) is 10.1. The van der Waals surface area contributed by atoms with Crippen LogP contribution in [0.1, 0.15) is 92.9 Å². The fourth-order valence-electron chi connectivity index (χ4n) is 3.27. The van der Waals surface area contributed by atoms with Gasteiger partial charge < -0.3 is 9.90 Å². The molecule has 0 rings (SSSR count). The van der Waals surface area contributed by atoms with Crippen LogP contribution in [0.15, 0.2) is 12.7 Å². The molecule has 0 aromatic rings. The first kappa shape index (κ1) is 25.3. The van der Waals surface area contributed by atoms with E-state index in [9.17, 15) is 9.90 Å². The average molecular weight is 431 g/mol. The second kappa shape index (κ2) is 16.9. The minimum absolute atomic E-state index is 0.215. The predicted octanol–water partition coefficient (Wildman–Crippen LogP) is 5.75. The Kier molecular flexibility index (Phi) is 18.5. The van der Waals surface area contributed by atoms with Crippen LogP contribution in [0.4, 0.5) is 0 Å². The van der Waals surface area contributed by atoms with Gasteiger partial charge in [0.25, 0.3) is 0 Å². The van der Waals surface area contributed by atoms with Crippen LogP contribution in [0.3, 0.4) is 0 Å². The van der Waals surface area contributed by atoms with Crippen LogP contribution >= 0.6 is 0 Å². The molecule has 0 atom stereocenters. The van der Waals surface area contributed by atoms with Gasteiger partial charge in [-0.25, -0.2) is 0 Å². The molecule has 0 aliphatic rings. The zero-order chi connectivity index (χ0) is 18.3. The van der Waals surface area contributed by atoms with Crippen molar-refractivity contribution in [1.82, 2.24) is 0 Å². The summed E-state index contributed by atoms with van der Waals surface area (Å²) in [5.41, 5.74) is 0. The second-order valence-corrected chi connectivity index (χ2v) is 20.0. The molecule has 0 bridgehead atoms. The summed E-state index contributed by atoms with van der Waals surface area (Å²) in [6.45, 7) is 18.1. The third-order valence-electron chi connectivity index (χ3n) is 4.04. The first-order valence-electron chi connectivity index (χ1n) is 9.41. The van der Waals surface area contributed by atoms with Crippen molar-refractivity contribution >= 4 is 25.7 Å². The van der Waals surface area contributed by atoms with Crippen molar-refractivity contribution < 1.29 is 9.90 Å². The van der Waals surface area contributed by atoms with Gasteiger partial charge >= 0.3 is 73.1 Å². The van der Waals surface area contributed by atoms with E-state index in [1.807, 2.05) is 6.08 Å². The van der Waals surface area contributed by atoms with E-state index in [1.165, 1.54) is 19.3 Å². The molecule has 0 aromatic heterocycles. The van der Waals surface area contributed by atoms with Gasteiger partial charge in [-0.2, -0.15) is 0 Å². The summed E-state index contributed by atoms with van der Waals surface area (Å²) in [6.07, 6.45) is 9.83. The van der Waals surface area contributed by atoms with Crippen LogP contribution in [0.25, 0.3) is 0 Å². The number of unbranched alkanes of at least 4 members (excludes halogenated alkanes) is 6. The molecule has 0 radical (unpaired) electrons. The molecule has 0 saturated heterocycles. The van der Waals surface area contributed by atoms with Crippen LogP contribution in [-0.4, -0.2) is 25.7 Å². The van der Waals surface area contributed by atoms with Gasteiger partial charge in [-0.3, -0.25) is 0 Å². The number of hydrogen-bond donors (Lipinski definition) is 0. The van der Waals surface area contributed by atoms with E-state index in [0.29, 0.717) is 0 Å². The molecule has 0 spiro atoms. The number of carboxylic acids is 1. The van der Waals surface area contributed by atoms with E-state index in [2.05, 4.69) is 48.1 Å². The summed E-state index contributed by atoms with van der Waals surface area (Å²) in [7, 11) is 0. The molecule has 23 heavy (non-hydrogen) atoms. The SMILES string of the molecule is C=CCCCCCCCCC(=O)[O-].C[CH](C)[Sn+]([CH](C)C)[CH](C)C. The van der Waals surface area contributed by atoms with Crippen molar-refractivity contribution in [3.05, 3.63) is 12.7 Å². The molecule has 3 heteroatoms. The molecule has 0 unspecified atom stereocenters. The molecule has 0 saturated carbocycles. The molecule has 136 valence electrons. The molecule has 0 fully saturated rings. The van der Waals surface area contributed by atoms with Crippen molar-refractivity contribution in [1.29, 1.82) is 0 Å². The molecule has 0 N–H and O–H groups in total. The van der Waals surface area contributed by atoms with Gasteiger partial charge in [0.05, 0.1) is 0 Å². The van der Waals surface area contributed by atoms with Crippen molar-refractivity contribution in [3.8, 4) is 0 Å². The summed E-state index contributed by atoms with van der Waals surface area (Å²) < 4.78 is 3.09. The van der Waals surface area contributed by atoms with Crippen molar-refractivity contribution in [2.75, 3.05) is 0 Å². The fourth-order valence-corrected chi connectivity index (χ4v) is 14.7. The number of hydrogen-bond acceptors (Lipinski definition) is 2. The topological polar surface area (TPSA) is 40.1 Å². The molecule has 0 aromatic carbocycles. The van der Waals surface area contributed by atoms with Gasteiger partial charge in [0, 0.05) is 5.97 Å². The van der Waals surface area contributed by atoms with Crippen LogP contribution in [0, 0.1) is 0 Å². The Morgan fingerprint density at radius 1 is 0.870 bits per heavy atom. The average Bonchev–Trinajstić information content (AvgIpc) is 2.40. The monoisotopic (exact) mass is 432 g/mol. The number of carboxylic acid groups (broad SMARTS) is 1. The first-order chi connectivity index (χ1) is 10.7. The molecule has 0 aliphatic carbocycles. The molecule has 0 amide bonds.